The molecule has 2 heterocycles. The van der Waals surface area contributed by atoms with E-state index in [1.807, 2.05) is 4.90 Å². The van der Waals surface area contributed by atoms with Crippen molar-refractivity contribution < 1.29 is 33.9 Å². The Morgan fingerprint density at radius 2 is 0.902 bits per heavy atom. The van der Waals surface area contributed by atoms with E-state index in [1.165, 1.54) is 9.80 Å². The molecular formula is C27H47N7O7. The van der Waals surface area contributed by atoms with E-state index in [0.29, 0.717) is 19.6 Å². The van der Waals surface area contributed by atoms with Crippen LogP contribution in [0.1, 0.15) is 54.4 Å². The second kappa shape index (κ2) is 15.1. The van der Waals surface area contributed by atoms with Gasteiger partial charge in [-0.05, 0) is 41.5 Å². The van der Waals surface area contributed by atoms with Crippen molar-refractivity contribution in [3.8, 4) is 0 Å². The molecule has 2 aliphatic rings. The van der Waals surface area contributed by atoms with Crippen LogP contribution in [-0.4, -0.2) is 143 Å². The van der Waals surface area contributed by atoms with E-state index in [0.717, 1.165) is 4.90 Å². The fourth-order valence-electron chi connectivity index (χ4n) is 4.82. The van der Waals surface area contributed by atoms with Crippen LogP contribution in [-0.2, 0) is 28.8 Å². The number of carbonyl (C=O) groups is 6. The van der Waals surface area contributed by atoms with Crippen molar-refractivity contribution in [2.45, 2.75) is 78.1 Å². The number of nitrogens with zero attached hydrogens (tertiary/aromatic N) is 4. The molecule has 2 rings (SSSR count). The third-order valence-corrected chi connectivity index (χ3v) is 7.25. The third kappa shape index (κ3) is 9.95. The fourth-order valence-corrected chi connectivity index (χ4v) is 4.82. The largest absolute Gasteiger partial charge is 0.379 e. The van der Waals surface area contributed by atoms with Crippen LogP contribution in [0.4, 0.5) is 0 Å². The molecule has 0 aromatic carbocycles. The van der Waals surface area contributed by atoms with Gasteiger partial charge in [0.15, 0.2) is 5.60 Å². The molecule has 41 heavy (non-hydrogen) atoms. The molecule has 2 fully saturated rings. The molecule has 14 heteroatoms. The normalized spacial score (nSPS) is 25.6. The molecule has 0 radical (unpaired) electrons. The second-order valence-electron chi connectivity index (χ2n) is 11.5. The summed E-state index contributed by atoms with van der Waals surface area (Å²) in [7, 11) is 0. The molecule has 0 spiro atoms. The molecule has 0 saturated carbocycles. The summed E-state index contributed by atoms with van der Waals surface area (Å²) in [5, 5.41) is 20.2. The monoisotopic (exact) mass is 581 g/mol. The zero-order valence-corrected chi connectivity index (χ0v) is 25.2. The van der Waals surface area contributed by atoms with Crippen molar-refractivity contribution in [2.75, 3.05) is 58.9 Å². The Labute approximate surface area is 242 Å². The lowest BCUT2D eigenvalue weighted by atomic mass is 9.90. The number of rotatable bonds is 3. The summed E-state index contributed by atoms with van der Waals surface area (Å²) in [6, 6.07) is -1.45. The van der Waals surface area contributed by atoms with Gasteiger partial charge in [0.05, 0.1) is 32.5 Å². The lowest BCUT2D eigenvalue weighted by Crippen LogP contribution is -2.58. The summed E-state index contributed by atoms with van der Waals surface area (Å²) in [6.07, 6.45) is -1.58. The van der Waals surface area contributed by atoms with E-state index in [2.05, 4.69) is 16.0 Å². The molecule has 0 aliphatic carbocycles. The van der Waals surface area contributed by atoms with E-state index >= 15 is 0 Å². The van der Waals surface area contributed by atoms with Crippen molar-refractivity contribution >= 4 is 35.4 Å². The number of hydrogen-bond donors (Lipinski definition) is 4. The van der Waals surface area contributed by atoms with E-state index in [-0.39, 0.29) is 39.3 Å². The number of nitrogens with one attached hydrogen (secondary N) is 3. The Kier molecular flexibility index (Phi) is 12.5. The standard InChI is InChI=1S/C27H47N7O7/c1-18(2)32-15-21(35)28-7-10-31-11-8-29-22(36)16-33(19(3)4)25(39)14-27(41,13-24(32)38)26(40)34(20(5)6)17-23(37)30-9-12-31/h18-20,41H,7-17H2,1-6H3,(H,28,35)(H,29,36)(H,30,37). The molecule has 2 aliphatic heterocycles. The molecule has 2 bridgehead atoms. The maximum absolute atomic E-state index is 13.9. The molecule has 2 saturated heterocycles. The first-order chi connectivity index (χ1) is 19.1. The lowest BCUT2D eigenvalue weighted by molar-refractivity contribution is -0.165. The minimum atomic E-state index is -2.54. The van der Waals surface area contributed by atoms with E-state index in [4.69, 9.17) is 0 Å². The highest BCUT2D eigenvalue weighted by molar-refractivity contribution is 5.98. The first-order valence-corrected chi connectivity index (χ1v) is 14.3. The van der Waals surface area contributed by atoms with E-state index < -0.39 is 72.0 Å². The highest BCUT2D eigenvalue weighted by atomic mass is 16.3. The van der Waals surface area contributed by atoms with Gasteiger partial charge in [-0.15, -0.1) is 0 Å². The van der Waals surface area contributed by atoms with E-state index in [9.17, 15) is 33.9 Å². The van der Waals surface area contributed by atoms with Crippen LogP contribution in [0, 0.1) is 0 Å². The maximum Gasteiger partial charge on any atom is 0.256 e. The van der Waals surface area contributed by atoms with Gasteiger partial charge in [0.25, 0.3) is 5.91 Å². The molecule has 0 aromatic heterocycles. The topological polar surface area (TPSA) is 172 Å². The van der Waals surface area contributed by atoms with Gasteiger partial charge >= 0.3 is 0 Å². The zero-order valence-electron chi connectivity index (χ0n) is 25.2. The fraction of sp³-hybridized carbons (Fsp3) is 0.778. The van der Waals surface area contributed by atoms with Crippen molar-refractivity contribution in [1.82, 2.24) is 35.6 Å². The summed E-state index contributed by atoms with van der Waals surface area (Å²) in [5.41, 5.74) is -2.54. The average Bonchev–Trinajstić information content (AvgIpc) is 2.86. The Morgan fingerprint density at radius 1 is 0.585 bits per heavy atom. The first kappa shape index (κ1) is 33.9. The first-order valence-electron chi connectivity index (χ1n) is 14.3. The van der Waals surface area contributed by atoms with Crippen LogP contribution in [0.5, 0.6) is 0 Å². The van der Waals surface area contributed by atoms with Gasteiger partial charge in [-0.3, -0.25) is 33.7 Å². The van der Waals surface area contributed by atoms with E-state index in [1.54, 1.807) is 41.5 Å². The van der Waals surface area contributed by atoms with Crippen LogP contribution in [0.15, 0.2) is 0 Å². The molecule has 6 amide bonds. The average molecular weight is 582 g/mol. The Hall–Kier alpha value is -3.26. The third-order valence-electron chi connectivity index (χ3n) is 7.25. The summed E-state index contributed by atoms with van der Waals surface area (Å²) in [6.45, 7) is 11.2. The van der Waals surface area contributed by atoms with Crippen molar-refractivity contribution in [3.63, 3.8) is 0 Å². The lowest BCUT2D eigenvalue weighted by Gasteiger charge is -2.37. The molecule has 14 nitrogen and oxygen atoms in total. The van der Waals surface area contributed by atoms with Gasteiger partial charge in [0.1, 0.15) is 0 Å². The summed E-state index contributed by atoms with van der Waals surface area (Å²) >= 11 is 0. The Balaban J connectivity index is 2.67. The second-order valence-corrected chi connectivity index (χ2v) is 11.5. The molecule has 0 atom stereocenters. The number of aliphatic hydroxyl groups is 1. The number of amides is 6. The predicted molar refractivity (Wildman–Crippen MR) is 150 cm³/mol. The van der Waals surface area contributed by atoms with Gasteiger partial charge < -0.3 is 35.8 Å². The maximum atomic E-state index is 13.9. The highest BCUT2D eigenvalue weighted by Crippen LogP contribution is 2.24. The van der Waals surface area contributed by atoms with Crippen LogP contribution in [0.2, 0.25) is 0 Å². The van der Waals surface area contributed by atoms with Gasteiger partial charge in [-0.1, -0.05) is 0 Å². The van der Waals surface area contributed by atoms with Crippen LogP contribution in [0.3, 0.4) is 0 Å². The molecule has 4 N–H and O–H groups in total. The SMILES string of the molecule is CC(C)N1CC(=O)NCCN2CCNC(=O)CN(C(C)C)C(=O)CC(O)(CC1=O)C(=O)N(C(C)C)CC(=O)NCC2. The van der Waals surface area contributed by atoms with Crippen LogP contribution in [0.25, 0.3) is 0 Å². The summed E-state index contributed by atoms with van der Waals surface area (Å²) < 4.78 is 0. The van der Waals surface area contributed by atoms with Crippen LogP contribution < -0.4 is 16.0 Å². The number of fused-ring (bicyclic) bond motifs is 8. The molecule has 0 unspecified atom stereocenters. The minimum Gasteiger partial charge on any atom is -0.379 e. The summed E-state index contributed by atoms with van der Waals surface area (Å²) in [5.74, 6) is -3.66. The smallest absolute Gasteiger partial charge is 0.256 e. The quantitative estimate of drug-likeness (QED) is 0.274. The minimum absolute atomic E-state index is 0.240. The Morgan fingerprint density at radius 3 is 1.22 bits per heavy atom. The zero-order chi connectivity index (χ0) is 30.9. The van der Waals surface area contributed by atoms with Gasteiger partial charge in [0, 0.05) is 57.4 Å². The highest BCUT2D eigenvalue weighted by Gasteiger charge is 2.46. The van der Waals surface area contributed by atoms with Crippen molar-refractivity contribution in [1.29, 1.82) is 0 Å². The number of hydrogen-bond acceptors (Lipinski definition) is 8. The van der Waals surface area contributed by atoms with Gasteiger partial charge in [-0.2, -0.15) is 0 Å². The molecule has 232 valence electrons. The summed E-state index contributed by atoms with van der Waals surface area (Å²) in [4.78, 5) is 85.1. The van der Waals surface area contributed by atoms with Gasteiger partial charge in [-0.25, -0.2) is 0 Å². The van der Waals surface area contributed by atoms with Crippen molar-refractivity contribution in [3.05, 3.63) is 0 Å². The molecular weight excluding hydrogens is 534 g/mol. The Bertz CT molecular complexity index is 935. The van der Waals surface area contributed by atoms with Crippen LogP contribution >= 0.6 is 0 Å². The number of carbonyl (C=O) groups excluding carboxylic acids is 6. The van der Waals surface area contributed by atoms with Crippen molar-refractivity contribution in [2.24, 2.45) is 0 Å². The predicted octanol–water partition coefficient (Wildman–Crippen LogP) is -2.11. The molecule has 0 aromatic rings. The van der Waals surface area contributed by atoms with Gasteiger partial charge in [0.2, 0.25) is 29.5 Å².